The number of amides is 1. The van der Waals surface area contributed by atoms with Crippen molar-refractivity contribution in [2.24, 2.45) is 11.7 Å². The number of halogens is 1. The number of Topliss-reactive ketones (excluding diaryl/α,β-unsaturated/α-hetero) is 1. The molecule has 1 amide bonds. The van der Waals surface area contributed by atoms with E-state index in [0.717, 1.165) is 31.6 Å². The highest BCUT2D eigenvalue weighted by Gasteiger charge is 2.27. The van der Waals surface area contributed by atoms with Gasteiger partial charge >= 0.3 is 0 Å². The van der Waals surface area contributed by atoms with Gasteiger partial charge in [0.2, 0.25) is 0 Å². The molecule has 1 aliphatic rings. The molecule has 3 N–H and O–H groups in total. The van der Waals surface area contributed by atoms with Gasteiger partial charge in [0, 0.05) is 41.4 Å². The molecule has 7 nitrogen and oxygen atoms in total. The maximum absolute atomic E-state index is 13.5. The Morgan fingerprint density at radius 3 is 2.08 bits per heavy atom. The molecule has 1 fully saturated rings. The van der Waals surface area contributed by atoms with Crippen molar-refractivity contribution in [2.75, 3.05) is 38.2 Å². The average Bonchev–Trinajstić information content (AvgIpc) is 2.94. The summed E-state index contributed by atoms with van der Waals surface area (Å²) < 4.78 is 18.5. The fraction of sp³-hybridized carbons (Fsp3) is 0.276. The molecule has 4 rings (SSSR count). The molecule has 192 valence electrons. The van der Waals surface area contributed by atoms with Crippen LogP contribution in [0.15, 0.2) is 72.8 Å². The van der Waals surface area contributed by atoms with Crippen LogP contribution in [0.4, 0.5) is 10.1 Å². The first-order chi connectivity index (χ1) is 17.9. The summed E-state index contributed by atoms with van der Waals surface area (Å²) in [5, 5.41) is 7.58. The first-order valence-corrected chi connectivity index (χ1v) is 12.3. The Balaban J connectivity index is 1.42. The number of nitrogens with zero attached hydrogens (tertiary/aromatic N) is 2. The molecule has 3 aromatic rings. The average molecular weight is 503 g/mol. The highest BCUT2D eigenvalue weighted by Crippen LogP contribution is 2.24. The number of piperidine rings is 1. The van der Waals surface area contributed by atoms with Crippen LogP contribution in [0.1, 0.15) is 39.1 Å². The Labute approximate surface area is 216 Å². The van der Waals surface area contributed by atoms with Crippen molar-refractivity contribution in [2.45, 2.75) is 12.8 Å². The molecule has 0 unspecified atom stereocenters. The summed E-state index contributed by atoms with van der Waals surface area (Å²) in [5.41, 5.74) is 7.92. The van der Waals surface area contributed by atoms with Crippen LogP contribution >= 0.6 is 0 Å². The van der Waals surface area contributed by atoms with Crippen molar-refractivity contribution < 1.29 is 18.7 Å². The van der Waals surface area contributed by atoms with Gasteiger partial charge in [0.15, 0.2) is 5.78 Å². The van der Waals surface area contributed by atoms with Gasteiger partial charge in [0.25, 0.3) is 5.91 Å². The van der Waals surface area contributed by atoms with Gasteiger partial charge in [-0.15, -0.1) is 0 Å². The Hall–Kier alpha value is -4.04. The standard InChI is InChI=1S/C29H31FN4O3/c1-37-26-12-10-25(11-13-26)34(29(36)23-4-2-22(3-5-23)28(31)32)19-18-33-16-14-21(15-17-33)27(35)20-6-8-24(30)9-7-20/h2-13,21H,14-19H2,1H3,(H3,31,32). The SMILES string of the molecule is COc1ccc(N(CCN2CCC(C(=O)c3ccc(F)cc3)CC2)C(=O)c2ccc(C(=N)N)cc2)cc1. The number of benzene rings is 3. The number of ether oxygens (including phenoxy) is 1. The van der Waals surface area contributed by atoms with E-state index in [1.807, 2.05) is 24.3 Å². The summed E-state index contributed by atoms with van der Waals surface area (Å²) in [7, 11) is 1.60. The minimum Gasteiger partial charge on any atom is -0.497 e. The monoisotopic (exact) mass is 502 g/mol. The van der Waals surface area contributed by atoms with Gasteiger partial charge in [-0.05, 0) is 86.6 Å². The van der Waals surface area contributed by atoms with Crippen LogP contribution in [0.3, 0.4) is 0 Å². The van der Waals surface area contributed by atoms with E-state index in [1.165, 1.54) is 12.1 Å². The molecule has 3 aromatic carbocycles. The van der Waals surface area contributed by atoms with Crippen LogP contribution in [0.25, 0.3) is 0 Å². The van der Waals surface area contributed by atoms with Crippen LogP contribution in [-0.2, 0) is 0 Å². The fourth-order valence-corrected chi connectivity index (χ4v) is 4.57. The number of carbonyl (C=O) groups is 2. The van der Waals surface area contributed by atoms with Gasteiger partial charge in [-0.2, -0.15) is 0 Å². The summed E-state index contributed by atoms with van der Waals surface area (Å²) in [5.74, 6) is 0.130. The second-order valence-electron chi connectivity index (χ2n) is 9.13. The van der Waals surface area contributed by atoms with E-state index in [9.17, 15) is 14.0 Å². The van der Waals surface area contributed by atoms with E-state index in [4.69, 9.17) is 15.9 Å². The maximum Gasteiger partial charge on any atom is 0.258 e. The van der Waals surface area contributed by atoms with Crippen molar-refractivity contribution in [3.05, 3.63) is 95.3 Å². The van der Waals surface area contributed by atoms with Gasteiger partial charge in [-0.25, -0.2) is 4.39 Å². The van der Waals surface area contributed by atoms with Crippen molar-refractivity contribution in [3.63, 3.8) is 0 Å². The number of amidine groups is 1. The number of nitrogen functional groups attached to an aromatic ring is 1. The number of methoxy groups -OCH3 is 1. The minimum absolute atomic E-state index is 0.0488. The molecular weight excluding hydrogens is 471 g/mol. The molecule has 1 heterocycles. The van der Waals surface area contributed by atoms with Crippen molar-refractivity contribution in [1.82, 2.24) is 4.90 Å². The lowest BCUT2D eigenvalue weighted by Gasteiger charge is -2.33. The molecule has 0 aromatic heterocycles. The normalized spacial score (nSPS) is 14.2. The number of nitrogens with one attached hydrogen (secondary N) is 1. The van der Waals surface area contributed by atoms with Crippen molar-refractivity contribution in [3.8, 4) is 5.75 Å². The molecule has 0 aliphatic carbocycles. The van der Waals surface area contributed by atoms with Crippen LogP contribution in [-0.4, -0.2) is 55.7 Å². The Kier molecular flexibility index (Phi) is 8.30. The number of hydrogen-bond donors (Lipinski definition) is 2. The molecule has 0 radical (unpaired) electrons. The first kappa shape index (κ1) is 26.0. The van der Waals surface area contributed by atoms with Crippen LogP contribution in [0.2, 0.25) is 0 Å². The Morgan fingerprint density at radius 2 is 1.51 bits per heavy atom. The quantitative estimate of drug-likeness (QED) is 0.257. The Morgan fingerprint density at radius 1 is 0.946 bits per heavy atom. The minimum atomic E-state index is -0.350. The van der Waals surface area contributed by atoms with E-state index in [1.54, 1.807) is 48.4 Å². The first-order valence-electron chi connectivity index (χ1n) is 12.3. The van der Waals surface area contributed by atoms with Gasteiger partial charge in [-0.1, -0.05) is 12.1 Å². The number of hydrogen-bond acceptors (Lipinski definition) is 5. The molecule has 0 atom stereocenters. The lowest BCUT2D eigenvalue weighted by molar-refractivity contribution is 0.0841. The number of nitrogens with two attached hydrogens (primary N) is 1. The lowest BCUT2D eigenvalue weighted by atomic mass is 9.89. The smallest absolute Gasteiger partial charge is 0.258 e. The summed E-state index contributed by atoms with van der Waals surface area (Å²) >= 11 is 0. The maximum atomic E-state index is 13.5. The summed E-state index contributed by atoms with van der Waals surface area (Å²) in [6.07, 6.45) is 1.44. The molecule has 0 bridgehead atoms. The fourth-order valence-electron chi connectivity index (χ4n) is 4.57. The zero-order chi connectivity index (χ0) is 26.4. The van der Waals surface area contributed by atoms with E-state index < -0.39 is 0 Å². The van der Waals surface area contributed by atoms with Crippen LogP contribution in [0.5, 0.6) is 5.75 Å². The molecule has 0 spiro atoms. The largest absolute Gasteiger partial charge is 0.497 e. The highest BCUT2D eigenvalue weighted by atomic mass is 19.1. The van der Waals surface area contributed by atoms with E-state index in [2.05, 4.69) is 4.90 Å². The van der Waals surface area contributed by atoms with Crippen LogP contribution in [0, 0.1) is 17.1 Å². The molecule has 37 heavy (non-hydrogen) atoms. The number of likely N-dealkylation sites (tertiary alicyclic amines) is 1. The molecule has 1 saturated heterocycles. The molecular formula is C29H31FN4O3. The van der Waals surface area contributed by atoms with E-state index >= 15 is 0 Å². The Bertz CT molecular complexity index is 1240. The third kappa shape index (κ3) is 6.40. The lowest BCUT2D eigenvalue weighted by Crippen LogP contribution is -2.42. The summed E-state index contributed by atoms with van der Waals surface area (Å²) in [4.78, 5) is 30.3. The third-order valence-electron chi connectivity index (χ3n) is 6.80. The molecule has 1 aliphatic heterocycles. The molecule has 8 heteroatoms. The zero-order valence-corrected chi connectivity index (χ0v) is 20.8. The third-order valence-corrected chi connectivity index (χ3v) is 6.80. The summed E-state index contributed by atoms with van der Waals surface area (Å²) in [6.45, 7) is 2.61. The topological polar surface area (TPSA) is 99.7 Å². The predicted octanol–water partition coefficient (Wildman–Crippen LogP) is 4.36. The second-order valence-corrected chi connectivity index (χ2v) is 9.13. The van der Waals surface area contributed by atoms with Crippen LogP contribution < -0.4 is 15.4 Å². The predicted molar refractivity (Wildman–Crippen MR) is 142 cm³/mol. The number of anilines is 1. The molecule has 0 saturated carbocycles. The number of rotatable bonds is 9. The van der Waals surface area contributed by atoms with Gasteiger partial charge in [0.05, 0.1) is 7.11 Å². The zero-order valence-electron chi connectivity index (χ0n) is 20.8. The van der Waals surface area contributed by atoms with E-state index in [-0.39, 0.29) is 29.3 Å². The van der Waals surface area contributed by atoms with Gasteiger partial charge in [0.1, 0.15) is 17.4 Å². The van der Waals surface area contributed by atoms with Gasteiger partial charge < -0.3 is 20.3 Å². The second kappa shape index (κ2) is 11.8. The van der Waals surface area contributed by atoms with Crippen molar-refractivity contribution >= 4 is 23.2 Å². The van der Waals surface area contributed by atoms with Crippen molar-refractivity contribution in [1.29, 1.82) is 5.41 Å². The number of carbonyl (C=O) groups excluding carboxylic acids is 2. The highest BCUT2D eigenvalue weighted by molar-refractivity contribution is 6.06. The van der Waals surface area contributed by atoms with E-state index in [0.29, 0.717) is 35.5 Å². The number of ketones is 1. The van der Waals surface area contributed by atoms with Gasteiger partial charge in [-0.3, -0.25) is 15.0 Å². The summed E-state index contributed by atoms with van der Waals surface area (Å²) in [6, 6.07) is 19.8.